The first-order chi connectivity index (χ1) is 11.1. The minimum Gasteiger partial charge on any atom is -0.483 e. The second kappa shape index (κ2) is 6.52. The lowest BCUT2D eigenvalue weighted by molar-refractivity contribution is -0.123. The molecule has 23 heavy (non-hydrogen) atoms. The number of rotatable bonds is 5. The van der Waals surface area contributed by atoms with Crippen molar-refractivity contribution >= 4 is 16.7 Å². The number of hydrogen-bond donors (Lipinski definition) is 1. The quantitative estimate of drug-likeness (QED) is 0.786. The predicted octanol–water partition coefficient (Wildman–Crippen LogP) is 3.14. The van der Waals surface area contributed by atoms with Gasteiger partial charge in [-0.1, -0.05) is 41.6 Å². The lowest BCUT2D eigenvalue weighted by atomic mass is 10.1. The van der Waals surface area contributed by atoms with E-state index in [4.69, 9.17) is 9.26 Å². The molecule has 0 radical (unpaired) electrons. The van der Waals surface area contributed by atoms with Crippen molar-refractivity contribution in [1.29, 1.82) is 0 Å². The van der Waals surface area contributed by atoms with Crippen LogP contribution in [-0.4, -0.2) is 17.7 Å². The number of aromatic nitrogens is 1. The maximum absolute atomic E-state index is 12.0. The number of amides is 1. The molecule has 5 heteroatoms. The van der Waals surface area contributed by atoms with Crippen molar-refractivity contribution in [2.24, 2.45) is 0 Å². The van der Waals surface area contributed by atoms with Crippen LogP contribution in [0.4, 0.5) is 0 Å². The van der Waals surface area contributed by atoms with Gasteiger partial charge in [-0.15, -0.1) is 0 Å². The highest BCUT2D eigenvalue weighted by Gasteiger charge is 2.11. The van der Waals surface area contributed by atoms with Gasteiger partial charge in [0.25, 0.3) is 5.91 Å². The number of nitrogens with zero attached hydrogens (tertiary/aromatic N) is 1. The molecule has 0 unspecified atom stereocenters. The lowest BCUT2D eigenvalue weighted by Gasteiger charge is -2.09. The van der Waals surface area contributed by atoms with E-state index in [-0.39, 0.29) is 12.5 Å². The molecule has 3 aromatic rings. The average Bonchev–Trinajstić information content (AvgIpc) is 2.89. The minimum atomic E-state index is -0.182. The zero-order valence-corrected chi connectivity index (χ0v) is 13.1. The highest BCUT2D eigenvalue weighted by molar-refractivity contribution is 5.88. The third kappa shape index (κ3) is 3.34. The van der Waals surface area contributed by atoms with E-state index in [0.717, 1.165) is 27.8 Å². The number of ether oxygens (including phenoxy) is 1. The third-order valence-electron chi connectivity index (χ3n) is 3.75. The van der Waals surface area contributed by atoms with Crippen LogP contribution in [-0.2, 0) is 11.3 Å². The Morgan fingerprint density at radius 1 is 1.17 bits per heavy atom. The second-order valence-electron chi connectivity index (χ2n) is 5.35. The van der Waals surface area contributed by atoms with E-state index in [2.05, 4.69) is 10.5 Å². The summed E-state index contributed by atoms with van der Waals surface area (Å²) >= 11 is 0. The lowest BCUT2D eigenvalue weighted by Crippen LogP contribution is -2.28. The number of fused-ring (bicyclic) bond motifs is 1. The summed E-state index contributed by atoms with van der Waals surface area (Å²) in [6, 6.07) is 13.7. The van der Waals surface area contributed by atoms with Crippen molar-refractivity contribution in [2.75, 3.05) is 6.61 Å². The van der Waals surface area contributed by atoms with Gasteiger partial charge < -0.3 is 14.6 Å². The Bertz CT molecular complexity index is 814. The average molecular weight is 310 g/mol. The Balaban J connectivity index is 1.60. The van der Waals surface area contributed by atoms with E-state index in [9.17, 15) is 4.79 Å². The molecule has 0 saturated heterocycles. The molecule has 0 aliphatic heterocycles. The fourth-order valence-corrected chi connectivity index (χ4v) is 2.46. The molecule has 3 rings (SSSR count). The molecule has 1 amide bonds. The van der Waals surface area contributed by atoms with Crippen LogP contribution in [0.1, 0.15) is 17.0 Å². The first-order valence-electron chi connectivity index (χ1n) is 7.44. The van der Waals surface area contributed by atoms with Crippen LogP contribution in [0.25, 0.3) is 10.8 Å². The molecular weight excluding hydrogens is 292 g/mol. The molecule has 0 atom stereocenters. The highest BCUT2D eigenvalue weighted by Crippen LogP contribution is 2.24. The van der Waals surface area contributed by atoms with E-state index in [1.165, 1.54) is 0 Å². The van der Waals surface area contributed by atoms with Gasteiger partial charge in [0, 0.05) is 17.5 Å². The second-order valence-corrected chi connectivity index (χ2v) is 5.35. The number of aryl methyl sites for hydroxylation is 2. The third-order valence-corrected chi connectivity index (χ3v) is 3.75. The summed E-state index contributed by atoms with van der Waals surface area (Å²) in [5.74, 6) is 1.24. The minimum absolute atomic E-state index is 0.0304. The molecule has 118 valence electrons. The smallest absolute Gasteiger partial charge is 0.258 e. The fourth-order valence-electron chi connectivity index (χ4n) is 2.46. The maximum Gasteiger partial charge on any atom is 0.258 e. The van der Waals surface area contributed by atoms with E-state index in [1.54, 1.807) is 0 Å². The molecular formula is C18H18N2O3. The molecule has 0 saturated carbocycles. The molecule has 1 N–H and O–H groups in total. The summed E-state index contributed by atoms with van der Waals surface area (Å²) in [6.07, 6.45) is 0. The molecule has 0 aliphatic carbocycles. The van der Waals surface area contributed by atoms with Crippen LogP contribution < -0.4 is 10.1 Å². The standard InChI is InChI=1S/C18H18N2O3/c1-12-16(13(2)23-20-12)10-19-18(21)11-22-17-9-5-7-14-6-3-4-8-15(14)17/h3-9H,10-11H2,1-2H3,(H,19,21). The highest BCUT2D eigenvalue weighted by atomic mass is 16.5. The fraction of sp³-hybridized carbons (Fsp3) is 0.222. The number of hydrogen-bond acceptors (Lipinski definition) is 4. The van der Waals surface area contributed by atoms with Crippen molar-refractivity contribution in [1.82, 2.24) is 10.5 Å². The summed E-state index contributed by atoms with van der Waals surface area (Å²) in [5.41, 5.74) is 1.70. The molecule has 2 aromatic carbocycles. The Kier molecular flexibility index (Phi) is 4.28. The van der Waals surface area contributed by atoms with Crippen LogP contribution in [0.2, 0.25) is 0 Å². The summed E-state index contributed by atoms with van der Waals surface area (Å²) in [4.78, 5) is 12.0. The molecule has 0 aliphatic rings. The monoisotopic (exact) mass is 310 g/mol. The predicted molar refractivity (Wildman–Crippen MR) is 87.3 cm³/mol. The number of nitrogens with one attached hydrogen (secondary N) is 1. The summed E-state index contributed by atoms with van der Waals surface area (Å²) in [7, 11) is 0. The molecule has 1 heterocycles. The molecule has 5 nitrogen and oxygen atoms in total. The molecule has 0 fully saturated rings. The van der Waals surface area contributed by atoms with Gasteiger partial charge in [0.05, 0.1) is 5.69 Å². The Morgan fingerprint density at radius 2 is 1.96 bits per heavy atom. The molecule has 0 spiro atoms. The van der Waals surface area contributed by atoms with Gasteiger partial charge in [-0.05, 0) is 25.3 Å². The van der Waals surface area contributed by atoms with Gasteiger partial charge >= 0.3 is 0 Å². The number of carbonyl (C=O) groups excluding carboxylic acids is 1. The van der Waals surface area contributed by atoms with E-state index < -0.39 is 0 Å². The first-order valence-corrected chi connectivity index (χ1v) is 7.44. The van der Waals surface area contributed by atoms with Gasteiger partial charge in [-0.25, -0.2) is 0 Å². The zero-order valence-electron chi connectivity index (χ0n) is 13.1. The summed E-state index contributed by atoms with van der Waals surface area (Å²) < 4.78 is 10.7. The van der Waals surface area contributed by atoms with Gasteiger partial charge in [-0.3, -0.25) is 4.79 Å². The van der Waals surface area contributed by atoms with Crippen molar-refractivity contribution in [3.05, 3.63) is 59.5 Å². The SMILES string of the molecule is Cc1noc(C)c1CNC(=O)COc1cccc2ccccc12. The van der Waals surface area contributed by atoms with Gasteiger partial charge in [0.1, 0.15) is 11.5 Å². The van der Waals surface area contributed by atoms with Crippen molar-refractivity contribution in [2.45, 2.75) is 20.4 Å². The van der Waals surface area contributed by atoms with Gasteiger partial charge in [0.15, 0.2) is 6.61 Å². The van der Waals surface area contributed by atoms with E-state index in [1.807, 2.05) is 56.3 Å². The van der Waals surface area contributed by atoms with Crippen LogP contribution in [0.15, 0.2) is 47.0 Å². The first kappa shape index (κ1) is 15.1. The Hall–Kier alpha value is -2.82. The van der Waals surface area contributed by atoms with Gasteiger partial charge in [0.2, 0.25) is 0 Å². The maximum atomic E-state index is 12.0. The largest absolute Gasteiger partial charge is 0.483 e. The van der Waals surface area contributed by atoms with E-state index in [0.29, 0.717) is 12.3 Å². The number of benzene rings is 2. The van der Waals surface area contributed by atoms with E-state index >= 15 is 0 Å². The normalized spacial score (nSPS) is 10.7. The summed E-state index contributed by atoms with van der Waals surface area (Å²) in [5, 5.41) is 8.76. The summed E-state index contributed by atoms with van der Waals surface area (Å²) in [6.45, 7) is 4.04. The van der Waals surface area contributed by atoms with Crippen molar-refractivity contribution in [3.8, 4) is 5.75 Å². The molecule has 0 bridgehead atoms. The van der Waals surface area contributed by atoms with Crippen LogP contribution in [0.5, 0.6) is 5.75 Å². The van der Waals surface area contributed by atoms with Crippen LogP contribution in [0.3, 0.4) is 0 Å². The topological polar surface area (TPSA) is 64.4 Å². The van der Waals surface area contributed by atoms with Crippen molar-refractivity contribution in [3.63, 3.8) is 0 Å². The van der Waals surface area contributed by atoms with Crippen LogP contribution >= 0.6 is 0 Å². The Morgan fingerprint density at radius 3 is 2.74 bits per heavy atom. The van der Waals surface area contributed by atoms with Gasteiger partial charge in [-0.2, -0.15) is 0 Å². The van der Waals surface area contributed by atoms with Crippen molar-refractivity contribution < 1.29 is 14.1 Å². The number of carbonyl (C=O) groups is 1. The zero-order chi connectivity index (χ0) is 16.2. The molecule has 1 aromatic heterocycles. The Labute approximate surface area is 134 Å². The van der Waals surface area contributed by atoms with Crippen LogP contribution in [0, 0.1) is 13.8 Å².